The van der Waals surface area contributed by atoms with E-state index in [0.29, 0.717) is 24.5 Å². The van der Waals surface area contributed by atoms with E-state index >= 15 is 0 Å². The highest BCUT2D eigenvalue weighted by Gasteiger charge is 2.31. The molecule has 2 aromatic rings. The number of aromatic nitrogens is 3. The maximum Gasteiger partial charge on any atom is 0.417 e. The fraction of sp³-hybridized carbons (Fsp3) is 0.471. The zero-order chi connectivity index (χ0) is 19.1. The molecule has 11 heteroatoms. The summed E-state index contributed by atoms with van der Waals surface area (Å²) in [6.07, 6.45) is -2.68. The second kappa shape index (κ2) is 9.11. The van der Waals surface area contributed by atoms with Crippen LogP contribution < -0.4 is 5.73 Å². The Morgan fingerprint density at radius 1 is 1.29 bits per heavy atom. The molecule has 1 aliphatic rings. The van der Waals surface area contributed by atoms with Crippen LogP contribution in [-0.4, -0.2) is 44.7 Å². The molecule has 0 aliphatic carbocycles. The first-order valence-electron chi connectivity index (χ1n) is 8.29. The molecule has 1 amide bonds. The number of rotatable bonds is 3. The van der Waals surface area contributed by atoms with Crippen molar-refractivity contribution in [3.05, 3.63) is 40.8 Å². The van der Waals surface area contributed by atoms with Gasteiger partial charge in [-0.25, -0.2) is 9.67 Å². The van der Waals surface area contributed by atoms with Crippen LogP contribution in [0.15, 0.2) is 18.3 Å². The van der Waals surface area contributed by atoms with E-state index < -0.39 is 11.7 Å². The number of alkyl halides is 3. The van der Waals surface area contributed by atoms with Crippen molar-refractivity contribution in [2.24, 2.45) is 5.73 Å². The maximum atomic E-state index is 12.7. The van der Waals surface area contributed by atoms with Gasteiger partial charge in [0, 0.05) is 36.6 Å². The van der Waals surface area contributed by atoms with Crippen LogP contribution in [0, 0.1) is 13.8 Å². The number of nitrogens with zero attached hydrogens (tertiary/aromatic N) is 4. The van der Waals surface area contributed by atoms with Gasteiger partial charge in [-0.1, -0.05) is 0 Å². The highest BCUT2D eigenvalue weighted by molar-refractivity contribution is 5.85. The van der Waals surface area contributed by atoms with Gasteiger partial charge in [-0.2, -0.15) is 18.3 Å². The molecule has 1 saturated heterocycles. The van der Waals surface area contributed by atoms with Gasteiger partial charge in [0.05, 0.1) is 17.7 Å². The molecule has 1 unspecified atom stereocenters. The molecule has 2 N–H and O–H groups in total. The van der Waals surface area contributed by atoms with Gasteiger partial charge in [0.1, 0.15) is 0 Å². The first kappa shape index (κ1) is 24.2. The van der Waals surface area contributed by atoms with Gasteiger partial charge in [-0.3, -0.25) is 4.79 Å². The van der Waals surface area contributed by atoms with Crippen LogP contribution in [0.5, 0.6) is 0 Å². The smallest absolute Gasteiger partial charge is 0.341 e. The van der Waals surface area contributed by atoms with Gasteiger partial charge < -0.3 is 10.6 Å². The molecular formula is C17H22Cl2F3N5O. The fourth-order valence-corrected chi connectivity index (χ4v) is 3.11. The molecule has 0 bridgehead atoms. The summed E-state index contributed by atoms with van der Waals surface area (Å²) in [4.78, 5) is 18.1. The SMILES string of the molecule is Cc1nn(-c2ccc(C(F)(F)F)cn2)c(C)c1CC(=O)N1CCC(N)C1.Cl.Cl. The zero-order valence-electron chi connectivity index (χ0n) is 15.4. The predicted molar refractivity (Wildman–Crippen MR) is 103 cm³/mol. The van der Waals surface area contributed by atoms with Crippen LogP contribution >= 0.6 is 24.8 Å². The molecule has 1 fully saturated rings. The number of pyridine rings is 1. The van der Waals surface area contributed by atoms with Crippen LogP contribution in [0.25, 0.3) is 5.82 Å². The molecule has 0 radical (unpaired) electrons. The molecule has 1 atom stereocenters. The van der Waals surface area contributed by atoms with E-state index in [1.807, 2.05) is 0 Å². The summed E-state index contributed by atoms with van der Waals surface area (Å²) >= 11 is 0. The molecule has 28 heavy (non-hydrogen) atoms. The Morgan fingerprint density at radius 2 is 1.96 bits per heavy atom. The Bertz CT molecular complexity index is 823. The average Bonchev–Trinajstić information content (AvgIpc) is 3.13. The van der Waals surface area contributed by atoms with Crippen LogP contribution in [0.4, 0.5) is 13.2 Å². The van der Waals surface area contributed by atoms with Crippen molar-refractivity contribution in [2.75, 3.05) is 13.1 Å². The monoisotopic (exact) mass is 439 g/mol. The van der Waals surface area contributed by atoms with Crippen molar-refractivity contribution >= 4 is 30.7 Å². The lowest BCUT2D eigenvalue weighted by atomic mass is 10.1. The number of carbonyl (C=O) groups is 1. The van der Waals surface area contributed by atoms with E-state index in [1.165, 1.54) is 10.7 Å². The molecule has 3 heterocycles. The number of hydrogen-bond donors (Lipinski definition) is 1. The number of carbonyl (C=O) groups excluding carboxylic acids is 1. The Balaban J connectivity index is 0.00000196. The normalized spacial score (nSPS) is 16.5. The maximum absolute atomic E-state index is 12.7. The summed E-state index contributed by atoms with van der Waals surface area (Å²) in [5.41, 5.74) is 7.13. The average molecular weight is 440 g/mol. The summed E-state index contributed by atoms with van der Waals surface area (Å²) in [5.74, 6) is 0.254. The zero-order valence-corrected chi connectivity index (χ0v) is 17.0. The standard InChI is InChI=1S/C17H20F3N5O.2ClH/c1-10-14(7-16(26)24-6-5-13(21)9-24)11(2)25(23-10)15-4-3-12(8-22-15)17(18,19)20;;/h3-4,8,13H,5-7,9,21H2,1-2H3;2*1H. The topological polar surface area (TPSA) is 77.0 Å². The minimum absolute atomic E-state index is 0. The molecule has 0 spiro atoms. The molecule has 2 aromatic heterocycles. The first-order chi connectivity index (χ1) is 12.2. The molecular weight excluding hydrogens is 418 g/mol. The van der Waals surface area contributed by atoms with Crippen LogP contribution in [0.1, 0.15) is 28.9 Å². The second-order valence-corrected chi connectivity index (χ2v) is 6.53. The van der Waals surface area contributed by atoms with Gasteiger partial charge in [0.2, 0.25) is 5.91 Å². The van der Waals surface area contributed by atoms with Gasteiger partial charge in [-0.15, -0.1) is 24.8 Å². The second-order valence-electron chi connectivity index (χ2n) is 6.53. The van der Waals surface area contributed by atoms with Crippen LogP contribution in [0.2, 0.25) is 0 Å². The van der Waals surface area contributed by atoms with Gasteiger partial charge in [0.25, 0.3) is 0 Å². The third kappa shape index (κ3) is 4.95. The van der Waals surface area contributed by atoms with E-state index in [4.69, 9.17) is 5.73 Å². The molecule has 6 nitrogen and oxygen atoms in total. The van der Waals surface area contributed by atoms with Crippen molar-refractivity contribution in [1.29, 1.82) is 0 Å². The van der Waals surface area contributed by atoms with Crippen LogP contribution in [-0.2, 0) is 17.4 Å². The van der Waals surface area contributed by atoms with Crippen molar-refractivity contribution in [3.8, 4) is 5.82 Å². The van der Waals surface area contributed by atoms with E-state index in [1.54, 1.807) is 18.7 Å². The van der Waals surface area contributed by atoms with Crippen molar-refractivity contribution in [3.63, 3.8) is 0 Å². The molecule has 3 rings (SSSR count). The Kier molecular flexibility index (Phi) is 7.87. The van der Waals surface area contributed by atoms with Gasteiger partial charge in [-0.05, 0) is 32.4 Å². The first-order valence-corrected chi connectivity index (χ1v) is 8.29. The fourth-order valence-electron chi connectivity index (χ4n) is 3.11. The summed E-state index contributed by atoms with van der Waals surface area (Å²) in [5, 5.41) is 4.34. The van der Waals surface area contributed by atoms with Crippen molar-refractivity contribution in [1.82, 2.24) is 19.7 Å². The van der Waals surface area contributed by atoms with Crippen molar-refractivity contribution in [2.45, 2.75) is 38.9 Å². The largest absolute Gasteiger partial charge is 0.417 e. The number of amides is 1. The molecule has 0 aromatic carbocycles. The summed E-state index contributed by atoms with van der Waals surface area (Å²) in [7, 11) is 0. The number of likely N-dealkylation sites (tertiary alicyclic amines) is 1. The summed E-state index contributed by atoms with van der Waals surface area (Å²) in [6, 6.07) is 2.25. The summed E-state index contributed by atoms with van der Waals surface area (Å²) in [6.45, 7) is 4.74. The number of halogens is 5. The Morgan fingerprint density at radius 3 is 2.46 bits per heavy atom. The molecule has 0 saturated carbocycles. The van der Waals surface area contributed by atoms with Crippen molar-refractivity contribution < 1.29 is 18.0 Å². The van der Waals surface area contributed by atoms with Gasteiger partial charge in [0.15, 0.2) is 5.82 Å². The highest BCUT2D eigenvalue weighted by atomic mass is 35.5. The predicted octanol–water partition coefficient (Wildman–Crippen LogP) is 2.85. The third-order valence-electron chi connectivity index (χ3n) is 4.64. The number of nitrogens with two attached hydrogens (primary N) is 1. The number of hydrogen-bond acceptors (Lipinski definition) is 4. The highest BCUT2D eigenvalue weighted by Crippen LogP contribution is 2.29. The molecule has 156 valence electrons. The minimum Gasteiger partial charge on any atom is -0.341 e. The summed E-state index contributed by atoms with van der Waals surface area (Å²) < 4.78 is 39.5. The minimum atomic E-state index is -4.44. The van der Waals surface area contributed by atoms with E-state index in [0.717, 1.165) is 24.2 Å². The number of aryl methyl sites for hydroxylation is 1. The van der Waals surface area contributed by atoms with Crippen LogP contribution in [0.3, 0.4) is 0 Å². The Hall–Kier alpha value is -1.84. The third-order valence-corrected chi connectivity index (χ3v) is 4.64. The quantitative estimate of drug-likeness (QED) is 0.797. The lowest BCUT2D eigenvalue weighted by Crippen LogP contribution is -2.33. The van der Waals surface area contributed by atoms with Gasteiger partial charge >= 0.3 is 6.18 Å². The van der Waals surface area contributed by atoms with E-state index in [2.05, 4.69) is 10.1 Å². The van der Waals surface area contributed by atoms with E-state index in [-0.39, 0.29) is 49.0 Å². The lowest BCUT2D eigenvalue weighted by molar-refractivity contribution is -0.137. The Labute approximate surface area is 173 Å². The molecule has 1 aliphatic heterocycles. The van der Waals surface area contributed by atoms with E-state index in [9.17, 15) is 18.0 Å². The lowest BCUT2D eigenvalue weighted by Gasteiger charge is -2.15.